The Balaban J connectivity index is 1.39. The summed E-state index contributed by atoms with van der Waals surface area (Å²) in [6, 6.07) is 6.04. The van der Waals surface area contributed by atoms with Crippen molar-refractivity contribution < 1.29 is 19.5 Å². The SMILES string of the molecule is O=C(O)c1cccc(C(=O)N2CCc3[nH]cnc3C2C2CCN(C(=O)C3CC3)CC2)c1. The summed E-state index contributed by atoms with van der Waals surface area (Å²) in [5, 5.41) is 9.30. The van der Waals surface area contributed by atoms with Crippen LogP contribution >= 0.6 is 0 Å². The molecule has 162 valence electrons. The third kappa shape index (κ3) is 3.71. The fourth-order valence-electron chi connectivity index (χ4n) is 4.99. The van der Waals surface area contributed by atoms with E-state index in [9.17, 15) is 19.5 Å². The monoisotopic (exact) mass is 422 g/mol. The number of carbonyl (C=O) groups excluding carboxylic acids is 2. The maximum Gasteiger partial charge on any atom is 0.335 e. The summed E-state index contributed by atoms with van der Waals surface area (Å²) in [5.74, 6) is -0.507. The normalized spacial score (nSPS) is 21.6. The van der Waals surface area contributed by atoms with Gasteiger partial charge in [-0.25, -0.2) is 9.78 Å². The number of carboxylic acids is 1. The van der Waals surface area contributed by atoms with Gasteiger partial charge in [0.25, 0.3) is 5.91 Å². The first-order chi connectivity index (χ1) is 15.0. The van der Waals surface area contributed by atoms with E-state index in [2.05, 4.69) is 9.97 Å². The van der Waals surface area contributed by atoms with Crippen LogP contribution in [0.1, 0.15) is 63.8 Å². The first kappa shape index (κ1) is 19.8. The molecular formula is C23H26N4O4. The van der Waals surface area contributed by atoms with Crippen LogP contribution in [-0.4, -0.2) is 62.3 Å². The number of carboxylic acid groups (broad SMARTS) is 1. The summed E-state index contributed by atoms with van der Waals surface area (Å²) < 4.78 is 0. The highest BCUT2D eigenvalue weighted by atomic mass is 16.4. The maximum absolute atomic E-state index is 13.5. The fourth-order valence-corrected chi connectivity index (χ4v) is 4.99. The highest BCUT2D eigenvalue weighted by Crippen LogP contribution is 2.40. The minimum absolute atomic E-state index is 0.103. The van der Waals surface area contributed by atoms with Gasteiger partial charge in [-0.3, -0.25) is 9.59 Å². The minimum atomic E-state index is -1.05. The number of piperidine rings is 1. The largest absolute Gasteiger partial charge is 0.478 e. The predicted octanol–water partition coefficient (Wildman–Crippen LogP) is 2.50. The van der Waals surface area contributed by atoms with Crippen LogP contribution in [0.4, 0.5) is 0 Å². The van der Waals surface area contributed by atoms with E-state index in [1.807, 2.05) is 9.80 Å². The Morgan fingerprint density at radius 1 is 1.03 bits per heavy atom. The van der Waals surface area contributed by atoms with E-state index in [-0.39, 0.29) is 35.3 Å². The maximum atomic E-state index is 13.5. The van der Waals surface area contributed by atoms with Crippen molar-refractivity contribution in [3.63, 3.8) is 0 Å². The number of imidazole rings is 1. The fraction of sp³-hybridized carbons (Fsp3) is 0.478. The summed E-state index contributed by atoms with van der Waals surface area (Å²) in [6.45, 7) is 1.98. The molecule has 5 rings (SSSR count). The number of hydrogen-bond donors (Lipinski definition) is 2. The smallest absolute Gasteiger partial charge is 0.335 e. The van der Waals surface area contributed by atoms with E-state index < -0.39 is 5.97 Å². The first-order valence-electron chi connectivity index (χ1n) is 11.0. The molecule has 3 heterocycles. The Hall–Kier alpha value is -3.16. The molecule has 1 aliphatic carbocycles. The van der Waals surface area contributed by atoms with Gasteiger partial charge in [0.2, 0.25) is 5.91 Å². The van der Waals surface area contributed by atoms with Crippen molar-refractivity contribution in [1.29, 1.82) is 0 Å². The molecule has 0 bridgehead atoms. The van der Waals surface area contributed by atoms with E-state index in [4.69, 9.17) is 0 Å². The van der Waals surface area contributed by atoms with Gasteiger partial charge in [0.05, 0.1) is 23.6 Å². The van der Waals surface area contributed by atoms with E-state index in [1.54, 1.807) is 18.5 Å². The Bertz CT molecular complexity index is 1020. The number of fused-ring (bicyclic) bond motifs is 1. The topological polar surface area (TPSA) is 107 Å². The molecule has 2 N–H and O–H groups in total. The van der Waals surface area contributed by atoms with Crippen LogP contribution in [0.3, 0.4) is 0 Å². The number of aromatic amines is 1. The summed E-state index contributed by atoms with van der Waals surface area (Å²) in [5.41, 5.74) is 2.45. The van der Waals surface area contributed by atoms with Gasteiger partial charge in [0, 0.05) is 43.2 Å². The van der Waals surface area contributed by atoms with Crippen LogP contribution in [0.25, 0.3) is 0 Å². The highest BCUT2D eigenvalue weighted by Gasteiger charge is 2.41. The number of carbonyl (C=O) groups is 3. The number of aromatic carboxylic acids is 1. The number of nitrogens with one attached hydrogen (secondary N) is 1. The second-order valence-electron chi connectivity index (χ2n) is 8.78. The van der Waals surface area contributed by atoms with Crippen LogP contribution in [0.15, 0.2) is 30.6 Å². The molecule has 1 saturated carbocycles. The number of rotatable bonds is 4. The van der Waals surface area contributed by atoms with Gasteiger partial charge in [0.1, 0.15) is 0 Å². The Morgan fingerprint density at radius 3 is 2.48 bits per heavy atom. The van der Waals surface area contributed by atoms with E-state index in [1.165, 1.54) is 12.1 Å². The van der Waals surface area contributed by atoms with Crippen molar-refractivity contribution in [2.45, 2.75) is 38.1 Å². The molecule has 31 heavy (non-hydrogen) atoms. The van der Waals surface area contributed by atoms with Crippen LogP contribution in [0.5, 0.6) is 0 Å². The molecule has 3 aliphatic rings. The molecule has 2 fully saturated rings. The Kier molecular flexibility index (Phi) is 5.00. The quantitative estimate of drug-likeness (QED) is 0.787. The second kappa shape index (κ2) is 7.83. The van der Waals surface area contributed by atoms with Crippen LogP contribution in [-0.2, 0) is 11.2 Å². The standard InChI is InChI=1S/C23H26N4O4/c28-21(15-4-5-15)26-9-6-14(7-10-26)20-19-18(24-13-25-19)8-11-27(20)22(29)16-2-1-3-17(12-16)23(30)31/h1-3,12-15,20H,4-11H2,(H,24,25)(H,30,31). The van der Waals surface area contributed by atoms with Crippen molar-refractivity contribution in [3.8, 4) is 0 Å². The molecular weight excluding hydrogens is 396 g/mol. The Morgan fingerprint density at radius 2 is 1.77 bits per heavy atom. The summed E-state index contributed by atoms with van der Waals surface area (Å²) in [4.78, 5) is 48.9. The van der Waals surface area contributed by atoms with Crippen LogP contribution in [0, 0.1) is 11.8 Å². The summed E-state index contributed by atoms with van der Waals surface area (Å²) in [6.07, 6.45) is 6.05. The van der Waals surface area contributed by atoms with Gasteiger partial charge in [-0.1, -0.05) is 6.07 Å². The lowest BCUT2D eigenvalue weighted by molar-refractivity contribution is -0.134. The number of nitrogens with zero attached hydrogens (tertiary/aromatic N) is 3. The molecule has 2 aromatic rings. The lowest BCUT2D eigenvalue weighted by Crippen LogP contribution is -2.47. The van der Waals surface area contributed by atoms with Crippen molar-refractivity contribution in [1.82, 2.24) is 19.8 Å². The molecule has 8 nitrogen and oxygen atoms in total. The number of benzene rings is 1. The van der Waals surface area contributed by atoms with Crippen molar-refractivity contribution in [3.05, 3.63) is 53.1 Å². The van der Waals surface area contributed by atoms with Gasteiger partial charge in [-0.2, -0.15) is 0 Å². The summed E-state index contributed by atoms with van der Waals surface area (Å²) in [7, 11) is 0. The minimum Gasteiger partial charge on any atom is -0.478 e. The lowest BCUT2D eigenvalue weighted by Gasteiger charge is -2.43. The molecule has 1 atom stereocenters. The predicted molar refractivity (Wildman–Crippen MR) is 111 cm³/mol. The molecule has 1 unspecified atom stereocenters. The lowest BCUT2D eigenvalue weighted by atomic mass is 9.83. The van der Waals surface area contributed by atoms with Gasteiger partial charge in [-0.15, -0.1) is 0 Å². The molecule has 0 radical (unpaired) electrons. The van der Waals surface area contributed by atoms with E-state index >= 15 is 0 Å². The number of aromatic nitrogens is 2. The number of likely N-dealkylation sites (tertiary alicyclic amines) is 1. The first-order valence-corrected chi connectivity index (χ1v) is 11.0. The van der Waals surface area contributed by atoms with Gasteiger partial charge in [0.15, 0.2) is 0 Å². The number of amides is 2. The van der Waals surface area contributed by atoms with Crippen molar-refractivity contribution in [2.24, 2.45) is 11.8 Å². The molecule has 2 amide bonds. The average molecular weight is 422 g/mol. The van der Waals surface area contributed by atoms with E-state index in [0.717, 1.165) is 37.1 Å². The zero-order valence-corrected chi connectivity index (χ0v) is 17.3. The molecule has 0 spiro atoms. The summed E-state index contributed by atoms with van der Waals surface area (Å²) >= 11 is 0. The Labute approximate surface area is 180 Å². The highest BCUT2D eigenvalue weighted by molar-refractivity contribution is 5.97. The van der Waals surface area contributed by atoms with Crippen LogP contribution in [0.2, 0.25) is 0 Å². The van der Waals surface area contributed by atoms with Crippen LogP contribution < -0.4 is 0 Å². The molecule has 8 heteroatoms. The molecule has 1 aromatic carbocycles. The van der Waals surface area contributed by atoms with Gasteiger partial charge in [-0.05, 0) is 49.8 Å². The average Bonchev–Trinajstić information content (AvgIpc) is 3.54. The third-order valence-electron chi connectivity index (χ3n) is 6.81. The third-order valence-corrected chi connectivity index (χ3v) is 6.81. The van der Waals surface area contributed by atoms with Gasteiger partial charge < -0.3 is 19.9 Å². The second-order valence-corrected chi connectivity index (χ2v) is 8.78. The van der Waals surface area contributed by atoms with Gasteiger partial charge >= 0.3 is 5.97 Å². The van der Waals surface area contributed by atoms with E-state index in [0.29, 0.717) is 31.6 Å². The zero-order chi connectivity index (χ0) is 21.5. The molecule has 2 aliphatic heterocycles. The number of H-pyrrole nitrogens is 1. The number of hydrogen-bond acceptors (Lipinski definition) is 4. The zero-order valence-electron chi connectivity index (χ0n) is 17.3. The molecule has 1 saturated heterocycles. The van der Waals surface area contributed by atoms with Crippen molar-refractivity contribution in [2.75, 3.05) is 19.6 Å². The van der Waals surface area contributed by atoms with Crippen molar-refractivity contribution >= 4 is 17.8 Å². The molecule has 1 aromatic heterocycles.